The van der Waals surface area contributed by atoms with Crippen LogP contribution in [0.25, 0.3) is 0 Å². The van der Waals surface area contributed by atoms with Crippen LogP contribution in [0.2, 0.25) is 0 Å². The summed E-state index contributed by atoms with van der Waals surface area (Å²) in [6.07, 6.45) is 0. The molecular weight excluding hydrogens is 273 g/mol. The van der Waals surface area contributed by atoms with E-state index in [-0.39, 0.29) is 6.54 Å². The van der Waals surface area contributed by atoms with E-state index in [9.17, 15) is 18.0 Å². The molecule has 1 N–H and O–H groups in total. The van der Waals surface area contributed by atoms with Gasteiger partial charge < -0.3 is 4.90 Å². The summed E-state index contributed by atoms with van der Waals surface area (Å²) >= 11 is 0. The van der Waals surface area contributed by atoms with Crippen molar-refractivity contribution in [2.24, 2.45) is 0 Å². The number of aromatic nitrogens is 3. The lowest BCUT2D eigenvalue weighted by molar-refractivity contribution is 0.0771. The predicted octanol–water partition coefficient (Wildman–Crippen LogP) is 1.80. The molecule has 0 fully saturated rings. The van der Waals surface area contributed by atoms with Crippen molar-refractivity contribution >= 4 is 5.91 Å². The maximum absolute atomic E-state index is 13.5. The zero-order chi connectivity index (χ0) is 14.9. The van der Waals surface area contributed by atoms with Gasteiger partial charge >= 0.3 is 0 Å². The molecule has 0 saturated carbocycles. The molecule has 1 amide bonds. The molecule has 106 valence electrons. The Morgan fingerprint density at radius 2 is 1.90 bits per heavy atom. The van der Waals surface area contributed by atoms with E-state index in [1.165, 1.54) is 7.05 Å². The highest BCUT2D eigenvalue weighted by atomic mass is 19.1. The minimum Gasteiger partial charge on any atom is -0.334 e. The number of hydrogen-bond donors (Lipinski definition) is 1. The summed E-state index contributed by atoms with van der Waals surface area (Å²) in [5.74, 6) is -3.62. The van der Waals surface area contributed by atoms with Crippen LogP contribution in [0, 0.1) is 24.4 Å². The maximum atomic E-state index is 13.5. The average Bonchev–Trinajstić information content (AvgIpc) is 2.73. The zero-order valence-corrected chi connectivity index (χ0v) is 10.7. The van der Waals surface area contributed by atoms with E-state index in [4.69, 9.17) is 0 Å². The molecule has 0 aliphatic heterocycles. The van der Waals surface area contributed by atoms with Gasteiger partial charge in [-0.25, -0.2) is 18.2 Å². The number of carbonyl (C=O) groups excluding carboxylic acids is 1. The molecule has 1 heterocycles. The summed E-state index contributed by atoms with van der Waals surface area (Å²) < 4.78 is 39.8. The Labute approximate surface area is 112 Å². The van der Waals surface area contributed by atoms with Crippen molar-refractivity contribution < 1.29 is 18.0 Å². The second-order valence-electron chi connectivity index (χ2n) is 4.24. The van der Waals surface area contributed by atoms with E-state index < -0.39 is 28.9 Å². The van der Waals surface area contributed by atoms with Crippen LogP contribution >= 0.6 is 0 Å². The number of aryl methyl sites for hydroxylation is 1. The number of H-pyrrole nitrogens is 1. The molecule has 2 rings (SSSR count). The van der Waals surface area contributed by atoms with Gasteiger partial charge in [0.2, 0.25) is 0 Å². The Bertz CT molecular complexity index is 633. The smallest absolute Gasteiger partial charge is 0.259 e. The zero-order valence-electron chi connectivity index (χ0n) is 10.7. The van der Waals surface area contributed by atoms with E-state index in [0.29, 0.717) is 23.8 Å². The van der Waals surface area contributed by atoms with E-state index in [1.807, 2.05) is 0 Å². The third-order valence-electron chi connectivity index (χ3n) is 2.59. The van der Waals surface area contributed by atoms with Crippen molar-refractivity contribution in [3.05, 3.63) is 46.8 Å². The number of halogens is 3. The molecule has 2 aromatic rings. The molecule has 8 heteroatoms. The van der Waals surface area contributed by atoms with Gasteiger partial charge in [-0.05, 0) is 6.92 Å². The van der Waals surface area contributed by atoms with Crippen LogP contribution in [0.3, 0.4) is 0 Å². The van der Waals surface area contributed by atoms with Gasteiger partial charge in [0.1, 0.15) is 28.8 Å². The third-order valence-corrected chi connectivity index (χ3v) is 2.59. The maximum Gasteiger partial charge on any atom is 0.259 e. The van der Waals surface area contributed by atoms with Gasteiger partial charge in [0.25, 0.3) is 5.91 Å². The summed E-state index contributed by atoms with van der Waals surface area (Å²) in [7, 11) is 1.34. The number of nitrogens with zero attached hydrogens (tertiary/aromatic N) is 3. The van der Waals surface area contributed by atoms with E-state index in [0.717, 1.165) is 4.90 Å². The van der Waals surface area contributed by atoms with Crippen molar-refractivity contribution in [3.8, 4) is 0 Å². The lowest BCUT2D eigenvalue weighted by atomic mass is 10.1. The van der Waals surface area contributed by atoms with Crippen LogP contribution in [0.5, 0.6) is 0 Å². The number of hydrogen-bond acceptors (Lipinski definition) is 3. The Balaban J connectivity index is 2.23. The molecular formula is C12H11F3N4O. The Morgan fingerprint density at radius 3 is 2.40 bits per heavy atom. The van der Waals surface area contributed by atoms with Gasteiger partial charge in [-0.3, -0.25) is 9.89 Å². The van der Waals surface area contributed by atoms with E-state index >= 15 is 0 Å². The molecule has 1 aromatic heterocycles. The second-order valence-corrected chi connectivity index (χ2v) is 4.24. The molecule has 1 aromatic carbocycles. The van der Waals surface area contributed by atoms with Crippen LogP contribution in [-0.2, 0) is 6.54 Å². The van der Waals surface area contributed by atoms with Crippen LogP contribution in [0.1, 0.15) is 22.0 Å². The van der Waals surface area contributed by atoms with Crippen molar-refractivity contribution in [2.75, 3.05) is 7.05 Å². The number of carbonyl (C=O) groups is 1. The summed E-state index contributed by atoms with van der Waals surface area (Å²) in [4.78, 5) is 17.0. The first kappa shape index (κ1) is 14.0. The highest BCUT2D eigenvalue weighted by Crippen LogP contribution is 2.17. The van der Waals surface area contributed by atoms with E-state index in [2.05, 4.69) is 15.2 Å². The Morgan fingerprint density at radius 1 is 1.30 bits per heavy atom. The highest BCUT2D eigenvalue weighted by Gasteiger charge is 2.23. The fraction of sp³-hybridized carbons (Fsp3) is 0.250. The largest absolute Gasteiger partial charge is 0.334 e. The molecule has 0 bridgehead atoms. The number of rotatable bonds is 3. The normalized spacial score (nSPS) is 10.7. The SMILES string of the molecule is Cc1nc(CN(C)C(=O)c2c(F)cc(F)cc2F)n[nH]1. The van der Waals surface area contributed by atoms with Crippen LogP contribution < -0.4 is 0 Å². The molecule has 0 radical (unpaired) electrons. The van der Waals surface area contributed by atoms with Crippen molar-refractivity contribution in [2.45, 2.75) is 13.5 Å². The number of nitrogens with one attached hydrogen (secondary N) is 1. The molecule has 0 unspecified atom stereocenters. The van der Waals surface area contributed by atoms with Gasteiger partial charge in [0, 0.05) is 19.2 Å². The van der Waals surface area contributed by atoms with Crippen molar-refractivity contribution in [3.63, 3.8) is 0 Å². The lowest BCUT2D eigenvalue weighted by Gasteiger charge is -2.16. The fourth-order valence-electron chi connectivity index (χ4n) is 1.68. The van der Waals surface area contributed by atoms with E-state index in [1.54, 1.807) is 6.92 Å². The molecule has 0 aliphatic rings. The first-order valence-electron chi connectivity index (χ1n) is 5.66. The Hall–Kier alpha value is -2.38. The quantitative estimate of drug-likeness (QED) is 0.935. The molecule has 0 aliphatic carbocycles. The summed E-state index contributed by atoms with van der Waals surface area (Å²) in [5, 5.41) is 6.40. The molecule has 0 atom stereocenters. The molecule has 20 heavy (non-hydrogen) atoms. The third kappa shape index (κ3) is 2.79. The molecule has 0 saturated heterocycles. The average molecular weight is 284 g/mol. The number of aromatic amines is 1. The minimum atomic E-state index is -1.24. The summed E-state index contributed by atoms with van der Waals surface area (Å²) in [5.41, 5.74) is -0.804. The Kier molecular flexibility index (Phi) is 3.73. The topological polar surface area (TPSA) is 61.9 Å². The lowest BCUT2D eigenvalue weighted by Crippen LogP contribution is -2.28. The second kappa shape index (κ2) is 5.32. The molecule has 5 nitrogen and oxygen atoms in total. The van der Waals surface area contributed by atoms with Gasteiger partial charge in [0.15, 0.2) is 5.82 Å². The van der Waals surface area contributed by atoms with Crippen LogP contribution in [0.4, 0.5) is 13.2 Å². The minimum absolute atomic E-state index is 0.0283. The van der Waals surface area contributed by atoms with Gasteiger partial charge in [-0.15, -0.1) is 0 Å². The predicted molar refractivity (Wildman–Crippen MR) is 63.2 cm³/mol. The fourth-order valence-corrected chi connectivity index (χ4v) is 1.68. The molecule has 0 spiro atoms. The first-order valence-corrected chi connectivity index (χ1v) is 5.66. The van der Waals surface area contributed by atoms with Crippen molar-refractivity contribution in [1.29, 1.82) is 0 Å². The number of amides is 1. The van der Waals surface area contributed by atoms with Gasteiger partial charge in [0.05, 0.1) is 6.54 Å². The monoisotopic (exact) mass is 284 g/mol. The number of benzene rings is 1. The summed E-state index contributed by atoms with van der Waals surface area (Å²) in [6, 6.07) is 0.919. The van der Waals surface area contributed by atoms with Crippen molar-refractivity contribution in [1.82, 2.24) is 20.1 Å². The van der Waals surface area contributed by atoms with Gasteiger partial charge in [-0.1, -0.05) is 0 Å². The van der Waals surface area contributed by atoms with Crippen LogP contribution in [0.15, 0.2) is 12.1 Å². The first-order chi connectivity index (χ1) is 9.38. The highest BCUT2D eigenvalue weighted by molar-refractivity contribution is 5.94. The van der Waals surface area contributed by atoms with Gasteiger partial charge in [-0.2, -0.15) is 5.10 Å². The summed E-state index contributed by atoms with van der Waals surface area (Å²) in [6.45, 7) is 1.65. The standard InChI is InChI=1S/C12H11F3N4O/c1-6-16-10(18-17-6)5-19(2)12(20)11-8(14)3-7(13)4-9(11)15/h3-4H,5H2,1-2H3,(H,16,17,18). The van der Waals surface area contributed by atoms with Crippen LogP contribution in [-0.4, -0.2) is 33.0 Å².